The van der Waals surface area contributed by atoms with Gasteiger partial charge in [-0.2, -0.15) is 9.78 Å². The lowest BCUT2D eigenvalue weighted by Gasteiger charge is -2.17. The molecule has 0 unspecified atom stereocenters. The second kappa shape index (κ2) is 13.3. The highest BCUT2D eigenvalue weighted by Gasteiger charge is 2.19. The molecule has 0 N–H and O–H groups in total. The van der Waals surface area contributed by atoms with Crippen molar-refractivity contribution in [3.63, 3.8) is 0 Å². The Morgan fingerprint density at radius 1 is 0.854 bits per heavy atom. The minimum Gasteiger partial charge on any atom is -0.496 e. The molecule has 2 aromatic heterocycles. The smallest absolute Gasteiger partial charge is 0.282 e. The van der Waals surface area contributed by atoms with Crippen LogP contribution < -0.4 is 19.8 Å². The summed E-state index contributed by atoms with van der Waals surface area (Å²) in [7, 11) is 1.60. The summed E-state index contributed by atoms with van der Waals surface area (Å²) in [5, 5.41) is 8.17. The number of ether oxygens (including phenoxy) is 3. The highest BCUT2D eigenvalue weighted by Crippen LogP contribution is 2.36. The Hall–Kier alpha value is -6.15. The average molecular weight is 636 g/mol. The van der Waals surface area contributed by atoms with E-state index in [1.807, 2.05) is 73.7 Å². The molecule has 0 aliphatic carbocycles. The first-order valence-corrected chi connectivity index (χ1v) is 15.7. The normalized spacial score (nSPS) is 11.5. The first-order valence-electron chi connectivity index (χ1n) is 15.7. The molecule has 0 radical (unpaired) electrons. The molecule has 8 heteroatoms. The van der Waals surface area contributed by atoms with Crippen LogP contribution >= 0.6 is 0 Å². The number of furan rings is 1. The SMILES string of the molecule is C=CCc1cc(C=Nn2c(-c3cc4c(OC)cccc4o3)nc3ccccc3c2=O)cc(OCC)c1OCc1cccc2ccccc12. The summed E-state index contributed by atoms with van der Waals surface area (Å²) in [6.45, 7) is 6.70. The molecule has 0 spiro atoms. The molecule has 0 amide bonds. The minimum atomic E-state index is -0.328. The lowest BCUT2D eigenvalue weighted by molar-refractivity contribution is 0.268. The van der Waals surface area contributed by atoms with Crippen LogP contribution in [0.2, 0.25) is 0 Å². The predicted octanol–water partition coefficient (Wildman–Crippen LogP) is 8.56. The zero-order valence-corrected chi connectivity index (χ0v) is 26.7. The van der Waals surface area contributed by atoms with Gasteiger partial charge < -0.3 is 18.6 Å². The largest absolute Gasteiger partial charge is 0.496 e. The third-order valence-electron chi connectivity index (χ3n) is 8.11. The average Bonchev–Trinajstić information content (AvgIpc) is 3.56. The Morgan fingerprint density at radius 3 is 2.48 bits per heavy atom. The van der Waals surface area contributed by atoms with Gasteiger partial charge in [0.25, 0.3) is 5.56 Å². The number of hydrogen-bond donors (Lipinski definition) is 0. The second-order valence-electron chi connectivity index (χ2n) is 11.2. The van der Waals surface area contributed by atoms with Crippen LogP contribution in [-0.4, -0.2) is 29.6 Å². The Labute approximate surface area is 277 Å². The van der Waals surface area contributed by atoms with Crippen molar-refractivity contribution in [3.05, 3.63) is 143 Å². The summed E-state index contributed by atoms with van der Waals surface area (Å²) in [4.78, 5) is 18.7. The fraction of sp³-hybridized carbons (Fsp3) is 0.125. The number of aromatic nitrogens is 2. The molecule has 8 nitrogen and oxygen atoms in total. The van der Waals surface area contributed by atoms with Crippen molar-refractivity contribution >= 4 is 38.9 Å². The van der Waals surface area contributed by atoms with Gasteiger partial charge in [-0.25, -0.2) is 4.98 Å². The number of benzene rings is 5. The van der Waals surface area contributed by atoms with Gasteiger partial charge in [0.15, 0.2) is 17.3 Å². The number of fused-ring (bicyclic) bond motifs is 3. The van der Waals surface area contributed by atoms with Crippen LogP contribution in [0.1, 0.15) is 23.6 Å². The molecule has 7 rings (SSSR count). The Morgan fingerprint density at radius 2 is 1.65 bits per heavy atom. The van der Waals surface area contributed by atoms with Crippen molar-refractivity contribution < 1.29 is 18.6 Å². The molecular formula is C40H33N3O5. The van der Waals surface area contributed by atoms with E-state index in [1.54, 1.807) is 31.5 Å². The van der Waals surface area contributed by atoms with E-state index in [-0.39, 0.29) is 11.4 Å². The standard InChI is InChI=1S/C40H33N3O5/c1-4-12-28-21-26(22-36(46-5-2)38(28)47-25-29-15-10-14-27-13-6-7-16-30(27)29)24-41-43-39(42-33-18-9-8-17-31(33)40(43)44)37-23-32-34(45-3)19-11-20-35(32)48-37/h4,6-11,13-24H,1,5,12,25H2,2-3H3. The summed E-state index contributed by atoms with van der Waals surface area (Å²) in [6, 6.07) is 32.8. The van der Waals surface area contributed by atoms with Crippen LogP contribution in [0.3, 0.4) is 0 Å². The summed E-state index contributed by atoms with van der Waals surface area (Å²) >= 11 is 0. The molecule has 0 aliphatic rings. The van der Waals surface area contributed by atoms with Gasteiger partial charge in [-0.05, 0) is 77.7 Å². The number of para-hydroxylation sites is 1. The molecule has 0 saturated carbocycles. The Kier molecular flexibility index (Phi) is 8.45. The first kappa shape index (κ1) is 30.5. The Bertz CT molecular complexity index is 2380. The van der Waals surface area contributed by atoms with E-state index in [9.17, 15) is 4.79 Å². The van der Waals surface area contributed by atoms with Gasteiger partial charge >= 0.3 is 0 Å². The van der Waals surface area contributed by atoms with Crippen molar-refractivity contribution in [3.8, 4) is 28.8 Å². The fourth-order valence-corrected chi connectivity index (χ4v) is 5.90. The van der Waals surface area contributed by atoms with Gasteiger partial charge in [-0.1, -0.05) is 66.7 Å². The highest BCUT2D eigenvalue weighted by atomic mass is 16.5. The van der Waals surface area contributed by atoms with E-state index < -0.39 is 0 Å². The first-order chi connectivity index (χ1) is 23.6. The van der Waals surface area contributed by atoms with Gasteiger partial charge in [0.05, 0.1) is 36.2 Å². The van der Waals surface area contributed by atoms with E-state index in [2.05, 4.69) is 35.9 Å². The molecule has 48 heavy (non-hydrogen) atoms. The third-order valence-corrected chi connectivity index (χ3v) is 8.11. The zero-order chi connectivity index (χ0) is 33.0. The fourth-order valence-electron chi connectivity index (χ4n) is 5.90. The monoisotopic (exact) mass is 635 g/mol. The van der Waals surface area contributed by atoms with Crippen molar-refractivity contribution in [2.75, 3.05) is 13.7 Å². The summed E-state index contributed by atoms with van der Waals surface area (Å²) in [6.07, 6.45) is 3.98. The second-order valence-corrected chi connectivity index (χ2v) is 11.2. The van der Waals surface area contributed by atoms with E-state index >= 15 is 0 Å². The summed E-state index contributed by atoms with van der Waals surface area (Å²) in [5.41, 5.74) is 3.49. The number of allylic oxidation sites excluding steroid dienone is 1. The maximum atomic E-state index is 13.9. The van der Waals surface area contributed by atoms with Gasteiger partial charge in [-0.3, -0.25) is 4.79 Å². The third kappa shape index (κ3) is 5.80. The molecule has 7 aromatic rings. The molecule has 0 bridgehead atoms. The number of methoxy groups -OCH3 is 1. The van der Waals surface area contributed by atoms with E-state index in [0.29, 0.717) is 64.7 Å². The number of hydrogen-bond acceptors (Lipinski definition) is 7. The van der Waals surface area contributed by atoms with Crippen molar-refractivity contribution in [2.24, 2.45) is 5.10 Å². The number of nitrogens with zero attached hydrogens (tertiary/aromatic N) is 3. The molecule has 5 aromatic carbocycles. The highest BCUT2D eigenvalue weighted by molar-refractivity contribution is 5.89. The van der Waals surface area contributed by atoms with Crippen LogP contribution in [0.15, 0.2) is 130 Å². The van der Waals surface area contributed by atoms with Gasteiger partial charge in [0.1, 0.15) is 17.9 Å². The maximum absolute atomic E-state index is 13.9. The van der Waals surface area contributed by atoms with Crippen LogP contribution in [-0.2, 0) is 13.0 Å². The lowest BCUT2D eigenvalue weighted by atomic mass is 10.0. The van der Waals surface area contributed by atoms with Crippen molar-refractivity contribution in [1.29, 1.82) is 0 Å². The zero-order valence-electron chi connectivity index (χ0n) is 26.7. The van der Waals surface area contributed by atoms with Crippen LogP contribution in [0.5, 0.6) is 17.2 Å². The Balaban J connectivity index is 1.31. The topological polar surface area (TPSA) is 88.1 Å². The molecule has 0 aliphatic heterocycles. The maximum Gasteiger partial charge on any atom is 0.282 e. The molecule has 2 heterocycles. The van der Waals surface area contributed by atoms with Gasteiger partial charge in [0.2, 0.25) is 5.82 Å². The van der Waals surface area contributed by atoms with E-state index in [4.69, 9.17) is 23.6 Å². The van der Waals surface area contributed by atoms with E-state index in [1.165, 1.54) is 4.68 Å². The van der Waals surface area contributed by atoms with Crippen molar-refractivity contribution in [2.45, 2.75) is 20.0 Å². The van der Waals surface area contributed by atoms with Crippen LogP contribution in [0, 0.1) is 0 Å². The van der Waals surface area contributed by atoms with Crippen LogP contribution in [0.4, 0.5) is 0 Å². The molecule has 0 saturated heterocycles. The van der Waals surface area contributed by atoms with Crippen molar-refractivity contribution in [1.82, 2.24) is 9.66 Å². The van der Waals surface area contributed by atoms with Gasteiger partial charge in [0, 0.05) is 5.56 Å². The molecule has 0 fully saturated rings. The summed E-state index contributed by atoms with van der Waals surface area (Å²) < 4.78 is 25.5. The molecule has 0 atom stereocenters. The summed E-state index contributed by atoms with van der Waals surface area (Å²) in [5.74, 6) is 2.52. The quantitative estimate of drug-likeness (QED) is 0.105. The molecule has 238 valence electrons. The van der Waals surface area contributed by atoms with E-state index in [0.717, 1.165) is 27.3 Å². The minimum absolute atomic E-state index is 0.264. The number of rotatable bonds is 11. The van der Waals surface area contributed by atoms with Gasteiger partial charge in [-0.15, -0.1) is 6.58 Å². The van der Waals surface area contributed by atoms with Crippen LogP contribution in [0.25, 0.3) is 44.2 Å². The predicted molar refractivity (Wildman–Crippen MR) is 191 cm³/mol. The molecular weight excluding hydrogens is 602 g/mol. The lowest BCUT2D eigenvalue weighted by Crippen LogP contribution is -2.20.